The largest absolute Gasteiger partial charge is 0.493 e. The van der Waals surface area contributed by atoms with Crippen molar-refractivity contribution < 1.29 is 28.5 Å². The molecule has 0 aliphatic heterocycles. The minimum absolute atomic E-state index is 0.0494. The maximum atomic E-state index is 12.3. The fourth-order valence-electron chi connectivity index (χ4n) is 2.42. The first-order valence-corrected chi connectivity index (χ1v) is 7.66. The van der Waals surface area contributed by atoms with Crippen molar-refractivity contribution >= 4 is 5.97 Å². The van der Waals surface area contributed by atoms with Crippen LogP contribution in [0.2, 0.25) is 0 Å². The molecule has 0 unspecified atom stereocenters. The summed E-state index contributed by atoms with van der Waals surface area (Å²) in [7, 11) is 6.11. The third-order valence-corrected chi connectivity index (χ3v) is 3.62. The molecule has 0 atom stereocenters. The molecule has 0 heterocycles. The number of esters is 1. The molecule has 0 aliphatic rings. The summed E-state index contributed by atoms with van der Waals surface area (Å²) in [6, 6.07) is 8.80. The maximum Gasteiger partial charge on any atom is 0.315 e. The number of ether oxygens (including phenoxy) is 5. The molecule has 0 saturated heterocycles. The van der Waals surface area contributed by atoms with Gasteiger partial charge in [0.05, 0.1) is 34.9 Å². The van der Waals surface area contributed by atoms with E-state index in [1.165, 1.54) is 28.4 Å². The van der Waals surface area contributed by atoms with E-state index in [4.69, 9.17) is 23.7 Å². The van der Waals surface area contributed by atoms with Gasteiger partial charge in [0.1, 0.15) is 0 Å². The van der Waals surface area contributed by atoms with Gasteiger partial charge in [-0.1, -0.05) is 6.07 Å². The van der Waals surface area contributed by atoms with E-state index >= 15 is 0 Å². The van der Waals surface area contributed by atoms with Crippen LogP contribution in [0.15, 0.2) is 30.3 Å². The summed E-state index contributed by atoms with van der Waals surface area (Å²) in [5.41, 5.74) is 1.70. The van der Waals surface area contributed by atoms with E-state index in [9.17, 15) is 4.79 Å². The average molecular weight is 346 g/mol. The van der Waals surface area contributed by atoms with Gasteiger partial charge in [0, 0.05) is 0 Å². The van der Waals surface area contributed by atoms with Gasteiger partial charge in [-0.15, -0.1) is 0 Å². The minimum atomic E-state index is -0.420. The minimum Gasteiger partial charge on any atom is -0.493 e. The van der Waals surface area contributed by atoms with Gasteiger partial charge in [-0.25, -0.2) is 0 Å². The lowest BCUT2D eigenvalue weighted by Crippen LogP contribution is -2.12. The number of methoxy groups -OCH3 is 4. The van der Waals surface area contributed by atoms with Crippen molar-refractivity contribution in [2.45, 2.75) is 13.3 Å². The van der Waals surface area contributed by atoms with Crippen LogP contribution >= 0.6 is 0 Å². The van der Waals surface area contributed by atoms with Crippen molar-refractivity contribution in [3.8, 4) is 28.7 Å². The average Bonchev–Trinajstić information content (AvgIpc) is 2.62. The number of rotatable bonds is 7. The Morgan fingerprint density at radius 2 is 1.40 bits per heavy atom. The van der Waals surface area contributed by atoms with Crippen LogP contribution in [0.4, 0.5) is 0 Å². The summed E-state index contributed by atoms with van der Waals surface area (Å²) in [5.74, 6) is 1.91. The number of carbonyl (C=O) groups excluding carboxylic acids is 1. The Morgan fingerprint density at radius 1 is 0.800 bits per heavy atom. The molecule has 0 radical (unpaired) electrons. The first-order chi connectivity index (χ1) is 12.0. The van der Waals surface area contributed by atoms with Crippen LogP contribution in [0.5, 0.6) is 28.7 Å². The molecule has 0 N–H and O–H groups in total. The summed E-state index contributed by atoms with van der Waals surface area (Å²) in [6.45, 7) is 1.93. The van der Waals surface area contributed by atoms with E-state index in [-0.39, 0.29) is 6.42 Å². The molecule has 134 valence electrons. The first kappa shape index (κ1) is 18.4. The fourth-order valence-corrected chi connectivity index (χ4v) is 2.42. The molecular weight excluding hydrogens is 324 g/mol. The number of hydrogen-bond donors (Lipinski definition) is 0. The van der Waals surface area contributed by atoms with Gasteiger partial charge >= 0.3 is 5.97 Å². The number of benzene rings is 2. The molecule has 0 aromatic heterocycles. The normalized spacial score (nSPS) is 10.1. The van der Waals surface area contributed by atoms with Crippen LogP contribution < -0.4 is 23.7 Å². The summed E-state index contributed by atoms with van der Waals surface area (Å²) < 4.78 is 26.5. The summed E-state index contributed by atoms with van der Waals surface area (Å²) in [5, 5.41) is 0. The predicted molar refractivity (Wildman–Crippen MR) is 93.2 cm³/mol. The van der Waals surface area contributed by atoms with E-state index in [1.807, 2.05) is 19.1 Å². The predicted octanol–water partition coefficient (Wildman–Crippen LogP) is 3.18. The highest BCUT2D eigenvalue weighted by Crippen LogP contribution is 2.38. The van der Waals surface area contributed by atoms with Crippen LogP contribution in [-0.4, -0.2) is 34.4 Å². The topological polar surface area (TPSA) is 63.2 Å². The Balaban J connectivity index is 2.21. The van der Waals surface area contributed by atoms with Crippen molar-refractivity contribution in [1.29, 1.82) is 0 Å². The van der Waals surface area contributed by atoms with E-state index in [2.05, 4.69) is 0 Å². The lowest BCUT2D eigenvalue weighted by atomic mass is 10.1. The molecule has 0 spiro atoms. The SMILES string of the molecule is COc1cc(C)ccc1OC(=O)Cc1cc(OC)c(OC)c(OC)c1. The monoisotopic (exact) mass is 346 g/mol. The molecule has 6 nitrogen and oxygen atoms in total. The Labute approximate surface area is 147 Å². The van der Waals surface area contributed by atoms with Crippen molar-refractivity contribution in [2.24, 2.45) is 0 Å². The second-order valence-corrected chi connectivity index (χ2v) is 5.34. The van der Waals surface area contributed by atoms with Gasteiger partial charge in [0.2, 0.25) is 5.75 Å². The van der Waals surface area contributed by atoms with Crippen LogP contribution in [0.25, 0.3) is 0 Å². The molecule has 2 aromatic rings. The molecule has 2 aromatic carbocycles. The second kappa shape index (κ2) is 8.28. The van der Waals surface area contributed by atoms with E-state index < -0.39 is 5.97 Å². The van der Waals surface area contributed by atoms with E-state index in [0.29, 0.717) is 34.3 Å². The molecule has 25 heavy (non-hydrogen) atoms. The number of aryl methyl sites for hydroxylation is 1. The maximum absolute atomic E-state index is 12.3. The Hall–Kier alpha value is -2.89. The lowest BCUT2D eigenvalue weighted by molar-refractivity contribution is -0.133. The third-order valence-electron chi connectivity index (χ3n) is 3.62. The standard InChI is InChI=1S/C19H22O6/c1-12-6-7-14(15(8-12)21-2)25-18(20)11-13-9-16(22-3)19(24-5)17(10-13)23-4/h6-10H,11H2,1-5H3. The summed E-state index contributed by atoms with van der Waals surface area (Å²) >= 11 is 0. The molecule has 0 amide bonds. The van der Waals surface area contributed by atoms with Crippen molar-refractivity contribution in [1.82, 2.24) is 0 Å². The van der Waals surface area contributed by atoms with E-state index in [0.717, 1.165) is 5.56 Å². The number of carbonyl (C=O) groups is 1. The van der Waals surface area contributed by atoms with Crippen LogP contribution in [-0.2, 0) is 11.2 Å². The zero-order chi connectivity index (χ0) is 18.4. The molecule has 0 bridgehead atoms. The third kappa shape index (κ3) is 4.35. The van der Waals surface area contributed by atoms with Crippen LogP contribution in [0.3, 0.4) is 0 Å². The second-order valence-electron chi connectivity index (χ2n) is 5.34. The van der Waals surface area contributed by atoms with Gasteiger partial charge in [-0.3, -0.25) is 4.79 Å². The zero-order valence-electron chi connectivity index (χ0n) is 15.0. The first-order valence-electron chi connectivity index (χ1n) is 7.66. The zero-order valence-corrected chi connectivity index (χ0v) is 15.0. The quantitative estimate of drug-likeness (QED) is 0.567. The molecule has 0 fully saturated rings. The highest BCUT2D eigenvalue weighted by molar-refractivity contribution is 5.76. The molecule has 6 heteroatoms. The lowest BCUT2D eigenvalue weighted by Gasteiger charge is -2.14. The Bertz CT molecular complexity index is 729. The smallest absolute Gasteiger partial charge is 0.315 e. The van der Waals surface area contributed by atoms with Crippen molar-refractivity contribution in [3.63, 3.8) is 0 Å². The van der Waals surface area contributed by atoms with E-state index in [1.54, 1.807) is 18.2 Å². The highest BCUT2D eigenvalue weighted by atomic mass is 16.6. The van der Waals surface area contributed by atoms with Gasteiger partial charge in [0.15, 0.2) is 23.0 Å². The van der Waals surface area contributed by atoms with Gasteiger partial charge < -0.3 is 23.7 Å². The number of hydrogen-bond acceptors (Lipinski definition) is 6. The van der Waals surface area contributed by atoms with Gasteiger partial charge in [0.25, 0.3) is 0 Å². The summed E-state index contributed by atoms with van der Waals surface area (Å²) in [6.07, 6.45) is 0.0494. The van der Waals surface area contributed by atoms with Crippen LogP contribution in [0.1, 0.15) is 11.1 Å². The van der Waals surface area contributed by atoms with Gasteiger partial charge in [-0.05, 0) is 42.3 Å². The Kier molecular flexibility index (Phi) is 6.11. The summed E-state index contributed by atoms with van der Waals surface area (Å²) in [4.78, 5) is 12.3. The molecule has 0 aliphatic carbocycles. The highest BCUT2D eigenvalue weighted by Gasteiger charge is 2.16. The molecule has 2 rings (SSSR count). The fraction of sp³-hybridized carbons (Fsp3) is 0.316. The molecule has 0 saturated carbocycles. The van der Waals surface area contributed by atoms with Crippen molar-refractivity contribution in [2.75, 3.05) is 28.4 Å². The van der Waals surface area contributed by atoms with Crippen molar-refractivity contribution in [3.05, 3.63) is 41.5 Å². The van der Waals surface area contributed by atoms with Crippen LogP contribution in [0, 0.1) is 6.92 Å². The van der Waals surface area contributed by atoms with Gasteiger partial charge in [-0.2, -0.15) is 0 Å². The Morgan fingerprint density at radius 3 is 1.92 bits per heavy atom. The molecular formula is C19H22O6.